The van der Waals surface area contributed by atoms with Crippen molar-refractivity contribution in [2.24, 2.45) is 0 Å². The minimum Gasteiger partial charge on any atom is -1.00 e. The number of anilines is 1. The van der Waals surface area contributed by atoms with E-state index in [-0.39, 0.29) is 12.4 Å². The molecule has 0 amide bonds. The lowest BCUT2D eigenvalue weighted by atomic mass is 10.2. The van der Waals surface area contributed by atoms with Crippen LogP contribution in [0.5, 0.6) is 5.75 Å². The van der Waals surface area contributed by atoms with E-state index in [0.717, 1.165) is 49.5 Å². The molecule has 0 aromatic heterocycles. The number of halogens is 1. The SMILES string of the molecule is C=CC[N+](CC)(CC)CCN(CC)c1ccccc1OC.[Cl-]. The first-order chi connectivity index (χ1) is 10.2. The first-order valence-corrected chi connectivity index (χ1v) is 8.00. The predicted octanol–water partition coefficient (Wildman–Crippen LogP) is 0.568. The average Bonchev–Trinajstić information content (AvgIpc) is 2.54. The third-order valence-electron chi connectivity index (χ3n) is 4.51. The zero-order valence-electron chi connectivity index (χ0n) is 14.5. The maximum Gasteiger partial charge on any atom is 0.142 e. The molecular weight excluding hydrogens is 296 g/mol. The van der Waals surface area contributed by atoms with Crippen LogP contribution in [0.4, 0.5) is 5.69 Å². The number of quaternary nitrogens is 1. The van der Waals surface area contributed by atoms with Gasteiger partial charge in [0.2, 0.25) is 0 Å². The molecule has 0 atom stereocenters. The quantitative estimate of drug-likeness (QED) is 0.460. The molecule has 0 saturated carbocycles. The van der Waals surface area contributed by atoms with Gasteiger partial charge < -0.3 is 26.5 Å². The van der Waals surface area contributed by atoms with Crippen LogP contribution < -0.4 is 22.0 Å². The number of benzene rings is 1. The Morgan fingerprint density at radius 1 is 1.18 bits per heavy atom. The standard InChI is InChI=1S/C18H31N2O.ClH/c1-6-15-20(8-3,9-4)16-14-19(7-2)17-12-10-11-13-18(17)21-5;/h6,10-13H,1,7-9,14-16H2,2-5H3;1H/q+1;/p-1. The summed E-state index contributed by atoms with van der Waals surface area (Å²) in [4.78, 5) is 2.40. The van der Waals surface area contributed by atoms with Gasteiger partial charge in [-0.1, -0.05) is 18.7 Å². The Bertz CT molecular complexity index is 433. The average molecular weight is 327 g/mol. The van der Waals surface area contributed by atoms with Gasteiger partial charge in [-0.3, -0.25) is 0 Å². The number of hydrogen-bond acceptors (Lipinski definition) is 2. The van der Waals surface area contributed by atoms with E-state index in [2.05, 4.69) is 44.4 Å². The molecule has 126 valence electrons. The monoisotopic (exact) mass is 326 g/mol. The Labute approximate surface area is 142 Å². The second kappa shape index (κ2) is 10.5. The van der Waals surface area contributed by atoms with Gasteiger partial charge >= 0.3 is 0 Å². The Kier molecular flexibility index (Phi) is 9.95. The van der Waals surface area contributed by atoms with Crippen LogP contribution in [0.15, 0.2) is 36.9 Å². The van der Waals surface area contributed by atoms with Crippen molar-refractivity contribution in [3.05, 3.63) is 36.9 Å². The van der Waals surface area contributed by atoms with Crippen molar-refractivity contribution < 1.29 is 21.6 Å². The van der Waals surface area contributed by atoms with Crippen molar-refractivity contribution in [1.82, 2.24) is 0 Å². The van der Waals surface area contributed by atoms with Gasteiger partial charge in [0, 0.05) is 6.54 Å². The smallest absolute Gasteiger partial charge is 0.142 e. The van der Waals surface area contributed by atoms with Crippen LogP contribution in [0, 0.1) is 0 Å². The summed E-state index contributed by atoms with van der Waals surface area (Å²) >= 11 is 0. The van der Waals surface area contributed by atoms with Gasteiger partial charge in [0.15, 0.2) is 0 Å². The van der Waals surface area contributed by atoms with Gasteiger partial charge in [-0.2, -0.15) is 0 Å². The van der Waals surface area contributed by atoms with Gasteiger partial charge in [-0.05, 0) is 39.0 Å². The summed E-state index contributed by atoms with van der Waals surface area (Å²) in [5.74, 6) is 0.953. The highest BCUT2D eigenvalue weighted by molar-refractivity contribution is 5.58. The molecule has 0 heterocycles. The van der Waals surface area contributed by atoms with Crippen molar-refractivity contribution in [2.75, 3.05) is 51.3 Å². The summed E-state index contributed by atoms with van der Waals surface area (Å²) in [5, 5.41) is 0. The van der Waals surface area contributed by atoms with Crippen LogP contribution in [0.25, 0.3) is 0 Å². The number of rotatable bonds is 10. The van der Waals surface area contributed by atoms with Crippen LogP contribution in [0.2, 0.25) is 0 Å². The van der Waals surface area contributed by atoms with E-state index >= 15 is 0 Å². The summed E-state index contributed by atoms with van der Waals surface area (Å²) in [6, 6.07) is 8.27. The van der Waals surface area contributed by atoms with Gasteiger partial charge in [-0.25, -0.2) is 0 Å². The van der Waals surface area contributed by atoms with Gasteiger partial charge in [0.05, 0.1) is 45.5 Å². The highest BCUT2D eigenvalue weighted by Gasteiger charge is 2.23. The van der Waals surface area contributed by atoms with Gasteiger partial charge in [0.25, 0.3) is 0 Å². The van der Waals surface area contributed by atoms with E-state index in [4.69, 9.17) is 4.74 Å². The van der Waals surface area contributed by atoms with E-state index < -0.39 is 0 Å². The molecule has 0 fully saturated rings. The second-order valence-electron chi connectivity index (χ2n) is 5.42. The molecule has 0 N–H and O–H groups in total. The van der Waals surface area contributed by atoms with Crippen LogP contribution in [0.3, 0.4) is 0 Å². The fourth-order valence-electron chi connectivity index (χ4n) is 2.84. The molecule has 0 aliphatic carbocycles. The molecule has 0 radical (unpaired) electrons. The lowest BCUT2D eigenvalue weighted by Crippen LogP contribution is -3.00. The van der Waals surface area contributed by atoms with E-state index in [0.29, 0.717) is 0 Å². The Morgan fingerprint density at radius 2 is 1.82 bits per heavy atom. The van der Waals surface area contributed by atoms with Crippen molar-refractivity contribution in [3.63, 3.8) is 0 Å². The highest BCUT2D eigenvalue weighted by Crippen LogP contribution is 2.27. The number of para-hydroxylation sites is 2. The largest absolute Gasteiger partial charge is 1.00 e. The Morgan fingerprint density at radius 3 is 2.32 bits per heavy atom. The molecular formula is C18H31ClN2O. The second-order valence-corrected chi connectivity index (χ2v) is 5.42. The minimum atomic E-state index is 0. The fourth-order valence-corrected chi connectivity index (χ4v) is 2.84. The lowest BCUT2D eigenvalue weighted by Gasteiger charge is -2.38. The lowest BCUT2D eigenvalue weighted by molar-refractivity contribution is -0.918. The molecule has 1 rings (SSSR count). The summed E-state index contributed by atoms with van der Waals surface area (Å²) < 4.78 is 6.59. The zero-order valence-corrected chi connectivity index (χ0v) is 15.3. The van der Waals surface area contributed by atoms with Gasteiger partial charge in [0.1, 0.15) is 5.75 Å². The molecule has 0 spiro atoms. The molecule has 0 unspecified atom stereocenters. The van der Waals surface area contributed by atoms with E-state index in [1.165, 1.54) is 5.69 Å². The Balaban J connectivity index is 0.00000441. The van der Waals surface area contributed by atoms with E-state index in [1.54, 1.807) is 7.11 Å². The van der Waals surface area contributed by atoms with E-state index in [1.807, 2.05) is 18.2 Å². The van der Waals surface area contributed by atoms with Crippen molar-refractivity contribution in [2.45, 2.75) is 20.8 Å². The fraction of sp³-hybridized carbons (Fsp3) is 0.556. The molecule has 22 heavy (non-hydrogen) atoms. The number of likely N-dealkylation sites (N-methyl/N-ethyl adjacent to an activating group) is 2. The van der Waals surface area contributed by atoms with Crippen LogP contribution in [-0.4, -0.2) is 50.9 Å². The molecule has 3 nitrogen and oxygen atoms in total. The predicted molar refractivity (Wildman–Crippen MR) is 92.2 cm³/mol. The van der Waals surface area contributed by atoms with Crippen molar-refractivity contribution in [1.29, 1.82) is 0 Å². The van der Waals surface area contributed by atoms with Gasteiger partial charge in [-0.15, -0.1) is 0 Å². The molecule has 0 aliphatic rings. The Hall–Kier alpha value is -1.19. The van der Waals surface area contributed by atoms with Crippen molar-refractivity contribution >= 4 is 5.69 Å². The topological polar surface area (TPSA) is 12.5 Å². The summed E-state index contributed by atoms with van der Waals surface area (Å²) in [6.07, 6.45) is 2.05. The summed E-state index contributed by atoms with van der Waals surface area (Å²) in [7, 11) is 1.74. The normalized spacial score (nSPS) is 10.7. The third kappa shape index (κ3) is 5.22. The number of hydrogen-bond donors (Lipinski definition) is 0. The van der Waals surface area contributed by atoms with Crippen LogP contribution in [0.1, 0.15) is 20.8 Å². The number of methoxy groups -OCH3 is 1. The van der Waals surface area contributed by atoms with Crippen LogP contribution >= 0.6 is 0 Å². The summed E-state index contributed by atoms with van der Waals surface area (Å²) in [5.41, 5.74) is 1.19. The van der Waals surface area contributed by atoms with E-state index in [9.17, 15) is 0 Å². The molecule has 0 bridgehead atoms. The zero-order chi connectivity index (χ0) is 15.7. The molecule has 0 aliphatic heterocycles. The molecule has 1 aromatic carbocycles. The summed E-state index contributed by atoms with van der Waals surface area (Å²) in [6.45, 7) is 17.1. The first-order valence-electron chi connectivity index (χ1n) is 8.00. The molecule has 0 saturated heterocycles. The highest BCUT2D eigenvalue weighted by atomic mass is 35.5. The molecule has 4 heteroatoms. The minimum absolute atomic E-state index is 0. The maximum absolute atomic E-state index is 5.50. The number of nitrogens with zero attached hydrogens (tertiary/aromatic N) is 2. The first kappa shape index (κ1) is 20.8. The third-order valence-corrected chi connectivity index (χ3v) is 4.51. The van der Waals surface area contributed by atoms with Crippen molar-refractivity contribution in [3.8, 4) is 5.75 Å². The van der Waals surface area contributed by atoms with Crippen LogP contribution in [-0.2, 0) is 0 Å². The maximum atomic E-state index is 5.50. The molecule has 1 aromatic rings. The number of ether oxygens (including phenoxy) is 1.